The van der Waals surface area contributed by atoms with Crippen molar-refractivity contribution in [3.63, 3.8) is 0 Å². The first kappa shape index (κ1) is 12.4. The van der Waals surface area contributed by atoms with E-state index in [1.54, 1.807) is 0 Å². The van der Waals surface area contributed by atoms with E-state index in [1.165, 1.54) is 30.6 Å². The number of pyridine rings is 1. The lowest BCUT2D eigenvalue weighted by molar-refractivity contribution is 0.703. The second-order valence-corrected chi connectivity index (χ2v) is 4.77. The van der Waals surface area contributed by atoms with Crippen molar-refractivity contribution in [1.29, 1.82) is 0 Å². The minimum atomic E-state index is 0.918. The molecule has 1 N–H and O–H groups in total. The summed E-state index contributed by atoms with van der Waals surface area (Å²) >= 11 is 0. The molecule has 1 aromatic heterocycles. The van der Waals surface area contributed by atoms with E-state index in [2.05, 4.69) is 35.1 Å². The number of rotatable bonds is 7. The Morgan fingerprint density at radius 3 is 2.88 bits per heavy atom. The zero-order chi connectivity index (χ0) is 12.1. The van der Waals surface area contributed by atoms with Crippen molar-refractivity contribution in [2.45, 2.75) is 33.2 Å². The maximum absolute atomic E-state index is 4.24. The standard InChI is InChI=1S/C14H23N3/c1-3-15-9-13-10-16-8-7-14(13)17(4-2)11-12-5-6-12/h7-8,10,12,15H,3-6,9,11H2,1-2H3. The van der Waals surface area contributed by atoms with Crippen LogP contribution in [0.15, 0.2) is 18.5 Å². The van der Waals surface area contributed by atoms with Gasteiger partial charge in [0.25, 0.3) is 0 Å². The zero-order valence-corrected chi connectivity index (χ0v) is 10.9. The molecule has 1 heterocycles. The Morgan fingerprint density at radius 2 is 2.24 bits per heavy atom. The van der Waals surface area contributed by atoms with Gasteiger partial charge in [-0.3, -0.25) is 4.98 Å². The monoisotopic (exact) mass is 233 g/mol. The topological polar surface area (TPSA) is 28.2 Å². The molecule has 0 aromatic carbocycles. The zero-order valence-electron chi connectivity index (χ0n) is 10.9. The number of anilines is 1. The molecule has 1 aliphatic rings. The summed E-state index contributed by atoms with van der Waals surface area (Å²) in [5.41, 5.74) is 2.67. The third-order valence-electron chi connectivity index (χ3n) is 3.34. The van der Waals surface area contributed by atoms with E-state index in [9.17, 15) is 0 Å². The fourth-order valence-electron chi connectivity index (χ4n) is 2.13. The van der Waals surface area contributed by atoms with Crippen LogP contribution < -0.4 is 10.2 Å². The van der Waals surface area contributed by atoms with Gasteiger partial charge in [0.1, 0.15) is 0 Å². The Hall–Kier alpha value is -1.09. The van der Waals surface area contributed by atoms with Gasteiger partial charge in [0, 0.05) is 43.3 Å². The highest BCUT2D eigenvalue weighted by molar-refractivity contribution is 5.52. The van der Waals surface area contributed by atoms with E-state index in [1.807, 2.05) is 12.4 Å². The van der Waals surface area contributed by atoms with Gasteiger partial charge in [-0.1, -0.05) is 6.92 Å². The molecular weight excluding hydrogens is 210 g/mol. The van der Waals surface area contributed by atoms with Crippen molar-refractivity contribution in [1.82, 2.24) is 10.3 Å². The highest BCUT2D eigenvalue weighted by Crippen LogP contribution is 2.32. The molecule has 0 aliphatic heterocycles. The van der Waals surface area contributed by atoms with E-state index in [4.69, 9.17) is 0 Å². The molecule has 94 valence electrons. The maximum atomic E-state index is 4.24. The second kappa shape index (κ2) is 6.01. The number of nitrogens with one attached hydrogen (secondary N) is 1. The Kier molecular flexibility index (Phi) is 4.37. The summed E-state index contributed by atoms with van der Waals surface area (Å²) in [6.45, 7) is 8.58. The van der Waals surface area contributed by atoms with Crippen LogP contribution in [0.4, 0.5) is 5.69 Å². The quantitative estimate of drug-likeness (QED) is 0.784. The van der Waals surface area contributed by atoms with E-state index in [0.29, 0.717) is 0 Å². The van der Waals surface area contributed by atoms with Gasteiger partial charge in [0.05, 0.1) is 0 Å². The number of hydrogen-bond donors (Lipinski definition) is 1. The van der Waals surface area contributed by atoms with Crippen LogP contribution in [-0.4, -0.2) is 24.6 Å². The predicted molar refractivity (Wildman–Crippen MR) is 72.2 cm³/mol. The molecule has 1 aliphatic carbocycles. The van der Waals surface area contributed by atoms with Crippen molar-refractivity contribution >= 4 is 5.69 Å². The molecular formula is C14H23N3. The molecule has 3 nitrogen and oxygen atoms in total. The Labute approximate surface area is 104 Å². The number of nitrogens with zero attached hydrogens (tertiary/aromatic N) is 2. The molecule has 3 heteroatoms. The van der Waals surface area contributed by atoms with Crippen LogP contribution in [-0.2, 0) is 6.54 Å². The first-order valence-electron chi connectivity index (χ1n) is 6.73. The summed E-state index contributed by atoms with van der Waals surface area (Å²) in [7, 11) is 0. The maximum Gasteiger partial charge on any atom is 0.0442 e. The highest BCUT2D eigenvalue weighted by atomic mass is 15.1. The number of aromatic nitrogens is 1. The van der Waals surface area contributed by atoms with E-state index in [-0.39, 0.29) is 0 Å². The average molecular weight is 233 g/mol. The summed E-state index contributed by atoms with van der Waals surface area (Å²) in [5.74, 6) is 0.926. The minimum absolute atomic E-state index is 0.918. The van der Waals surface area contributed by atoms with Gasteiger partial charge < -0.3 is 10.2 Å². The lowest BCUT2D eigenvalue weighted by atomic mass is 10.2. The van der Waals surface area contributed by atoms with Crippen LogP contribution in [0.5, 0.6) is 0 Å². The first-order valence-corrected chi connectivity index (χ1v) is 6.73. The molecule has 2 rings (SSSR count). The summed E-state index contributed by atoms with van der Waals surface area (Å²) in [4.78, 5) is 6.74. The molecule has 17 heavy (non-hydrogen) atoms. The fourth-order valence-corrected chi connectivity index (χ4v) is 2.13. The second-order valence-electron chi connectivity index (χ2n) is 4.77. The molecule has 0 saturated heterocycles. The van der Waals surface area contributed by atoms with Crippen molar-refractivity contribution in [3.05, 3.63) is 24.0 Å². The van der Waals surface area contributed by atoms with Crippen molar-refractivity contribution in [2.24, 2.45) is 5.92 Å². The van der Waals surface area contributed by atoms with Gasteiger partial charge in [0.2, 0.25) is 0 Å². The average Bonchev–Trinajstić information content (AvgIpc) is 3.18. The molecule has 0 amide bonds. The Bertz CT molecular complexity index is 347. The van der Waals surface area contributed by atoms with Gasteiger partial charge in [-0.2, -0.15) is 0 Å². The first-order chi connectivity index (χ1) is 8.35. The molecule has 0 unspecified atom stereocenters. The molecule has 0 bridgehead atoms. The fraction of sp³-hybridized carbons (Fsp3) is 0.643. The van der Waals surface area contributed by atoms with Crippen LogP contribution in [0.3, 0.4) is 0 Å². The van der Waals surface area contributed by atoms with Crippen LogP contribution >= 0.6 is 0 Å². The van der Waals surface area contributed by atoms with E-state index >= 15 is 0 Å². The molecule has 1 saturated carbocycles. The molecule has 0 spiro atoms. The van der Waals surface area contributed by atoms with Gasteiger partial charge in [-0.25, -0.2) is 0 Å². The molecule has 0 radical (unpaired) electrons. The summed E-state index contributed by atoms with van der Waals surface area (Å²) in [6, 6.07) is 2.15. The van der Waals surface area contributed by atoms with Crippen LogP contribution in [0.1, 0.15) is 32.3 Å². The summed E-state index contributed by atoms with van der Waals surface area (Å²) < 4.78 is 0. The van der Waals surface area contributed by atoms with Crippen LogP contribution in [0.2, 0.25) is 0 Å². The predicted octanol–water partition coefficient (Wildman–Crippen LogP) is 2.43. The number of hydrogen-bond acceptors (Lipinski definition) is 3. The molecule has 1 aromatic rings. The van der Waals surface area contributed by atoms with Gasteiger partial charge >= 0.3 is 0 Å². The smallest absolute Gasteiger partial charge is 0.0442 e. The third-order valence-corrected chi connectivity index (χ3v) is 3.34. The van der Waals surface area contributed by atoms with Gasteiger partial charge in [-0.05, 0) is 38.3 Å². The van der Waals surface area contributed by atoms with Crippen LogP contribution in [0.25, 0.3) is 0 Å². The van der Waals surface area contributed by atoms with Gasteiger partial charge in [0.15, 0.2) is 0 Å². The largest absolute Gasteiger partial charge is 0.371 e. The van der Waals surface area contributed by atoms with Crippen molar-refractivity contribution in [2.75, 3.05) is 24.5 Å². The van der Waals surface area contributed by atoms with E-state index in [0.717, 1.165) is 25.6 Å². The Balaban J connectivity index is 2.09. The van der Waals surface area contributed by atoms with Crippen molar-refractivity contribution < 1.29 is 0 Å². The van der Waals surface area contributed by atoms with Gasteiger partial charge in [-0.15, -0.1) is 0 Å². The normalized spacial score (nSPS) is 14.9. The van der Waals surface area contributed by atoms with Crippen LogP contribution in [0, 0.1) is 5.92 Å². The summed E-state index contributed by atoms with van der Waals surface area (Å²) in [6.07, 6.45) is 6.71. The van der Waals surface area contributed by atoms with E-state index < -0.39 is 0 Å². The molecule has 0 atom stereocenters. The lowest BCUT2D eigenvalue weighted by Gasteiger charge is -2.25. The summed E-state index contributed by atoms with van der Waals surface area (Å²) in [5, 5.41) is 3.39. The highest BCUT2D eigenvalue weighted by Gasteiger charge is 2.24. The third kappa shape index (κ3) is 3.43. The molecule has 1 fully saturated rings. The minimum Gasteiger partial charge on any atom is -0.371 e. The Morgan fingerprint density at radius 1 is 1.41 bits per heavy atom. The SMILES string of the molecule is CCNCc1cnccc1N(CC)CC1CC1. The lowest BCUT2D eigenvalue weighted by Crippen LogP contribution is -2.27. The van der Waals surface area contributed by atoms with Crippen molar-refractivity contribution in [3.8, 4) is 0 Å².